The molecule has 4 bridgehead atoms. The minimum absolute atomic E-state index is 0.00833. The molecule has 7 heterocycles. The summed E-state index contributed by atoms with van der Waals surface area (Å²) in [5, 5.41) is 0. The zero-order valence-corrected chi connectivity index (χ0v) is 19.9. The minimum Gasteiger partial charge on any atom is -0.472 e. The van der Waals surface area contributed by atoms with Crippen LogP contribution in [0.3, 0.4) is 0 Å². The molecule has 0 aromatic carbocycles. The van der Waals surface area contributed by atoms with Gasteiger partial charge in [-0.25, -0.2) is 4.79 Å². The summed E-state index contributed by atoms with van der Waals surface area (Å²) in [4.78, 5) is 40.3. The molecule has 9 heteroatoms. The Bertz CT molecular complexity index is 1270. The van der Waals surface area contributed by atoms with Gasteiger partial charge in [-0.3, -0.25) is 9.59 Å². The van der Waals surface area contributed by atoms with Crippen LogP contribution in [0.15, 0.2) is 47.3 Å². The van der Waals surface area contributed by atoms with Crippen molar-refractivity contribution >= 4 is 17.9 Å². The van der Waals surface area contributed by atoms with E-state index in [1.165, 1.54) is 12.5 Å². The zero-order valence-electron chi connectivity index (χ0n) is 19.9. The van der Waals surface area contributed by atoms with E-state index in [-0.39, 0.29) is 12.8 Å². The highest BCUT2D eigenvalue weighted by atomic mass is 16.8. The maximum atomic E-state index is 14.2. The van der Waals surface area contributed by atoms with Crippen LogP contribution in [0.1, 0.15) is 52.2 Å². The van der Waals surface area contributed by atoms with Crippen LogP contribution < -0.4 is 0 Å². The van der Waals surface area contributed by atoms with Crippen molar-refractivity contribution in [1.82, 2.24) is 0 Å². The van der Waals surface area contributed by atoms with Gasteiger partial charge in [0.2, 0.25) is 11.4 Å². The second-order valence-corrected chi connectivity index (χ2v) is 11.3. The molecule has 1 aromatic rings. The number of ether oxygens (including phenoxy) is 5. The van der Waals surface area contributed by atoms with E-state index in [0.717, 1.165) is 0 Å². The third-order valence-electron chi connectivity index (χ3n) is 9.71. The molecular weight excluding hydrogens is 456 g/mol. The highest BCUT2D eigenvalue weighted by molar-refractivity contribution is 5.93. The van der Waals surface area contributed by atoms with Gasteiger partial charge in [-0.2, -0.15) is 0 Å². The standard InChI is InChI=1S/C26H26O9/c1-13(2)24-12-25(32-16(24)10-17(27)33-24)22(4)15-6-8-21(3)18(14-7-9-30-11-14)31-20(29)26(21,25)35-23(15,5)34-19(22)28/h6-9,11,15-16,18H,1,10,12H2,2-5H3/t15-,16-,18-,21-,22+,23-,24+,25-,26+/m0/s1. The minimum atomic E-state index is -1.79. The molecular formula is C26H26O9. The predicted octanol–water partition coefficient (Wildman–Crippen LogP) is 2.91. The number of rotatable bonds is 2. The number of cyclic esters (lactones) is 1. The van der Waals surface area contributed by atoms with Gasteiger partial charge < -0.3 is 28.1 Å². The van der Waals surface area contributed by atoms with Crippen molar-refractivity contribution in [3.8, 4) is 0 Å². The summed E-state index contributed by atoms with van der Waals surface area (Å²) in [6.45, 7) is 11.2. The Balaban J connectivity index is 1.55. The first kappa shape index (κ1) is 21.4. The topological polar surface area (TPSA) is 110 Å². The Morgan fingerprint density at radius 2 is 1.89 bits per heavy atom. The number of esters is 3. The number of furan rings is 1. The van der Waals surface area contributed by atoms with Crippen molar-refractivity contribution in [2.75, 3.05) is 0 Å². The highest BCUT2D eigenvalue weighted by Gasteiger charge is 2.93. The fraction of sp³-hybridized carbons (Fsp3) is 0.577. The zero-order chi connectivity index (χ0) is 24.8. The first-order valence-electron chi connectivity index (χ1n) is 11.8. The van der Waals surface area contributed by atoms with Crippen molar-refractivity contribution in [3.05, 3.63) is 48.5 Å². The summed E-state index contributed by atoms with van der Waals surface area (Å²) in [5.41, 5.74) is -5.80. The van der Waals surface area contributed by atoms with Gasteiger partial charge in [0.15, 0.2) is 5.60 Å². The van der Waals surface area contributed by atoms with E-state index in [0.29, 0.717) is 11.1 Å². The third kappa shape index (κ3) is 1.89. The van der Waals surface area contributed by atoms with Crippen LogP contribution in [-0.4, -0.2) is 46.6 Å². The van der Waals surface area contributed by atoms with Crippen molar-refractivity contribution in [2.45, 2.75) is 75.3 Å². The highest BCUT2D eigenvalue weighted by Crippen LogP contribution is 2.77. The van der Waals surface area contributed by atoms with E-state index in [4.69, 9.17) is 28.1 Å². The van der Waals surface area contributed by atoms with Crippen LogP contribution in [-0.2, 0) is 38.1 Å². The summed E-state index contributed by atoms with van der Waals surface area (Å²) in [6, 6.07) is 1.74. The molecule has 9 nitrogen and oxygen atoms in total. The van der Waals surface area contributed by atoms with E-state index in [9.17, 15) is 14.4 Å². The number of fused-ring (bicyclic) bond motifs is 1. The molecule has 184 valence electrons. The number of hydrogen-bond acceptors (Lipinski definition) is 9. The van der Waals surface area contributed by atoms with Gasteiger partial charge in [0, 0.05) is 18.9 Å². The Labute approximate surface area is 201 Å². The maximum Gasteiger partial charge on any atom is 0.343 e. The van der Waals surface area contributed by atoms with Crippen LogP contribution in [0, 0.1) is 16.7 Å². The summed E-state index contributed by atoms with van der Waals surface area (Å²) >= 11 is 0. The van der Waals surface area contributed by atoms with E-state index in [1.807, 2.05) is 19.1 Å². The van der Waals surface area contributed by atoms with Crippen molar-refractivity contribution in [2.24, 2.45) is 16.7 Å². The van der Waals surface area contributed by atoms with E-state index in [1.54, 1.807) is 26.8 Å². The molecule has 0 unspecified atom stereocenters. The smallest absolute Gasteiger partial charge is 0.343 e. The number of hydrogen-bond donors (Lipinski definition) is 0. The first-order valence-corrected chi connectivity index (χ1v) is 11.8. The summed E-state index contributed by atoms with van der Waals surface area (Å²) in [5.74, 6) is -3.58. The fourth-order valence-corrected chi connectivity index (χ4v) is 8.03. The van der Waals surface area contributed by atoms with Crippen LogP contribution in [0.2, 0.25) is 0 Å². The van der Waals surface area contributed by atoms with E-state index >= 15 is 0 Å². The third-order valence-corrected chi connectivity index (χ3v) is 9.71. The molecule has 8 rings (SSSR count). The lowest BCUT2D eigenvalue weighted by Crippen LogP contribution is -2.77. The van der Waals surface area contributed by atoms with Gasteiger partial charge in [0.25, 0.3) is 0 Å². The Kier molecular flexibility index (Phi) is 3.50. The van der Waals surface area contributed by atoms with Gasteiger partial charge >= 0.3 is 17.9 Å². The molecule has 35 heavy (non-hydrogen) atoms. The molecule has 0 amide bonds. The molecule has 1 aliphatic carbocycles. The average Bonchev–Trinajstić information content (AvgIpc) is 3.51. The maximum absolute atomic E-state index is 14.2. The Hall–Kier alpha value is -2.91. The van der Waals surface area contributed by atoms with Gasteiger partial charge in [-0.05, 0) is 32.4 Å². The molecule has 0 N–H and O–H groups in total. The second kappa shape index (κ2) is 5.73. The van der Waals surface area contributed by atoms with Gasteiger partial charge in [-0.1, -0.05) is 18.7 Å². The number of carbonyl (C=O) groups excluding carboxylic acids is 3. The van der Waals surface area contributed by atoms with Crippen LogP contribution >= 0.6 is 0 Å². The SMILES string of the molecule is C=C(C)[C@]12C[C@@]3(O[C@H]1CC(=O)O2)[C@]12O[C@]4(C)OC(=O)[C@@]3(C)[C@@H]4C=C[C@@]1(C)[C@H](c1ccoc1)OC2=O. The van der Waals surface area contributed by atoms with Gasteiger partial charge in [0.1, 0.15) is 23.2 Å². The molecule has 0 radical (unpaired) electrons. The van der Waals surface area contributed by atoms with Crippen LogP contribution in [0.25, 0.3) is 0 Å². The fourth-order valence-electron chi connectivity index (χ4n) is 8.03. The summed E-state index contributed by atoms with van der Waals surface area (Å²) < 4.78 is 36.7. The second-order valence-electron chi connectivity index (χ2n) is 11.3. The molecule has 9 atom stereocenters. The molecule has 6 aliphatic heterocycles. The lowest BCUT2D eigenvalue weighted by atomic mass is 9.50. The van der Waals surface area contributed by atoms with E-state index in [2.05, 4.69) is 6.58 Å². The molecule has 5 saturated heterocycles. The quantitative estimate of drug-likeness (QED) is 0.357. The average molecular weight is 482 g/mol. The predicted molar refractivity (Wildman–Crippen MR) is 115 cm³/mol. The van der Waals surface area contributed by atoms with Crippen molar-refractivity contribution < 1.29 is 42.5 Å². The monoisotopic (exact) mass is 482 g/mol. The van der Waals surface area contributed by atoms with E-state index < -0.39 is 69.5 Å². The molecule has 2 spiro atoms. The molecule has 7 aliphatic rings. The normalized spacial score (nSPS) is 52.8. The Morgan fingerprint density at radius 3 is 2.54 bits per heavy atom. The van der Waals surface area contributed by atoms with Crippen LogP contribution in [0.4, 0.5) is 0 Å². The molecule has 5 fully saturated rings. The summed E-state index contributed by atoms with van der Waals surface area (Å²) in [7, 11) is 0. The van der Waals surface area contributed by atoms with Crippen molar-refractivity contribution in [1.29, 1.82) is 0 Å². The lowest BCUT2D eigenvalue weighted by Gasteiger charge is -2.59. The van der Waals surface area contributed by atoms with Gasteiger partial charge in [-0.15, -0.1) is 0 Å². The first-order chi connectivity index (χ1) is 16.4. The number of carbonyl (C=O) groups is 3. The largest absolute Gasteiger partial charge is 0.472 e. The summed E-state index contributed by atoms with van der Waals surface area (Å²) in [6.07, 6.45) is 5.30. The van der Waals surface area contributed by atoms with Crippen LogP contribution in [0.5, 0.6) is 0 Å². The van der Waals surface area contributed by atoms with Gasteiger partial charge in [0.05, 0.1) is 30.3 Å². The van der Waals surface area contributed by atoms with Crippen molar-refractivity contribution in [3.63, 3.8) is 0 Å². The molecule has 1 aromatic heterocycles. The molecule has 0 saturated carbocycles. The Morgan fingerprint density at radius 1 is 1.11 bits per heavy atom. The lowest BCUT2D eigenvalue weighted by molar-refractivity contribution is -0.353.